The first-order valence-corrected chi connectivity index (χ1v) is 9.79. The zero-order valence-corrected chi connectivity index (χ0v) is 17.3. The van der Waals surface area contributed by atoms with Crippen LogP contribution in [0.15, 0.2) is 41.7 Å². The SMILES string of the molecule is COC(=O)C(Cc1cnc[nH]1)NC(=O)c1ccc(C=C2SC(=S)N(C)C2=O)cc1. The number of carbonyl (C=O) groups is 3. The minimum atomic E-state index is -0.848. The van der Waals surface area contributed by atoms with Crippen molar-refractivity contribution in [1.29, 1.82) is 0 Å². The minimum absolute atomic E-state index is 0.151. The van der Waals surface area contributed by atoms with E-state index < -0.39 is 17.9 Å². The third kappa shape index (κ3) is 4.90. The molecule has 29 heavy (non-hydrogen) atoms. The van der Waals surface area contributed by atoms with Crippen LogP contribution >= 0.6 is 24.0 Å². The summed E-state index contributed by atoms with van der Waals surface area (Å²) < 4.78 is 5.28. The second-order valence-corrected chi connectivity index (χ2v) is 7.87. The number of methoxy groups -OCH3 is 1. The summed E-state index contributed by atoms with van der Waals surface area (Å²) in [6.07, 6.45) is 5.03. The Morgan fingerprint density at radius 2 is 2.10 bits per heavy atom. The highest BCUT2D eigenvalue weighted by Gasteiger charge is 2.28. The van der Waals surface area contributed by atoms with Crippen LogP contribution in [0.3, 0.4) is 0 Å². The van der Waals surface area contributed by atoms with Gasteiger partial charge in [0, 0.05) is 30.9 Å². The van der Waals surface area contributed by atoms with Crippen LogP contribution in [0.5, 0.6) is 0 Å². The van der Waals surface area contributed by atoms with Crippen molar-refractivity contribution in [2.45, 2.75) is 12.5 Å². The van der Waals surface area contributed by atoms with Gasteiger partial charge in [-0.2, -0.15) is 0 Å². The molecule has 1 aromatic carbocycles. The zero-order chi connectivity index (χ0) is 21.0. The van der Waals surface area contributed by atoms with Gasteiger partial charge in [0.25, 0.3) is 11.8 Å². The summed E-state index contributed by atoms with van der Waals surface area (Å²) in [7, 11) is 2.90. The fourth-order valence-electron chi connectivity index (χ4n) is 2.62. The molecule has 0 bridgehead atoms. The Bertz CT molecular complexity index is 971. The first kappa shape index (κ1) is 20.7. The molecule has 1 atom stereocenters. The van der Waals surface area contributed by atoms with Gasteiger partial charge in [-0.3, -0.25) is 14.5 Å². The van der Waals surface area contributed by atoms with Gasteiger partial charge >= 0.3 is 5.97 Å². The molecule has 0 radical (unpaired) electrons. The second-order valence-electron chi connectivity index (χ2n) is 6.19. The number of carbonyl (C=O) groups excluding carboxylic acids is 3. The number of H-pyrrole nitrogens is 1. The number of likely N-dealkylation sites (N-methyl/N-ethyl adjacent to an activating group) is 1. The quantitative estimate of drug-likeness (QED) is 0.409. The Morgan fingerprint density at radius 3 is 2.66 bits per heavy atom. The lowest BCUT2D eigenvalue weighted by Gasteiger charge is -2.15. The number of imidazole rings is 1. The van der Waals surface area contributed by atoms with Crippen LogP contribution in [-0.2, 0) is 20.7 Å². The van der Waals surface area contributed by atoms with Crippen molar-refractivity contribution >= 4 is 52.2 Å². The Hall–Kier alpha value is -2.98. The van der Waals surface area contributed by atoms with Gasteiger partial charge in [0.15, 0.2) is 0 Å². The molecule has 0 saturated carbocycles. The summed E-state index contributed by atoms with van der Waals surface area (Å²) in [5, 5.41) is 2.67. The number of esters is 1. The molecule has 2 aromatic rings. The first-order valence-electron chi connectivity index (χ1n) is 8.56. The summed E-state index contributed by atoms with van der Waals surface area (Å²) in [6.45, 7) is 0. The van der Waals surface area contributed by atoms with Gasteiger partial charge in [-0.1, -0.05) is 36.1 Å². The highest BCUT2D eigenvalue weighted by atomic mass is 32.2. The number of nitrogens with zero attached hydrogens (tertiary/aromatic N) is 2. The third-order valence-electron chi connectivity index (χ3n) is 4.23. The van der Waals surface area contributed by atoms with Gasteiger partial charge in [-0.15, -0.1) is 0 Å². The average molecular weight is 431 g/mol. The first-order chi connectivity index (χ1) is 13.9. The van der Waals surface area contributed by atoms with E-state index in [4.69, 9.17) is 17.0 Å². The van der Waals surface area contributed by atoms with Crippen molar-refractivity contribution in [3.63, 3.8) is 0 Å². The van der Waals surface area contributed by atoms with E-state index in [2.05, 4.69) is 15.3 Å². The number of hydrogen-bond acceptors (Lipinski definition) is 7. The van der Waals surface area contributed by atoms with Crippen molar-refractivity contribution < 1.29 is 19.1 Å². The maximum atomic E-state index is 12.6. The molecule has 3 rings (SSSR count). The molecule has 2 heterocycles. The van der Waals surface area contributed by atoms with E-state index in [9.17, 15) is 14.4 Å². The summed E-state index contributed by atoms with van der Waals surface area (Å²) in [5.41, 5.74) is 1.84. The second kappa shape index (κ2) is 9.01. The topological polar surface area (TPSA) is 104 Å². The molecule has 1 fully saturated rings. The maximum Gasteiger partial charge on any atom is 0.328 e. The summed E-state index contributed by atoms with van der Waals surface area (Å²) in [6, 6.07) is 5.84. The van der Waals surface area contributed by atoms with Crippen molar-refractivity contribution in [2.75, 3.05) is 14.2 Å². The van der Waals surface area contributed by atoms with Crippen LogP contribution in [0.4, 0.5) is 0 Å². The van der Waals surface area contributed by atoms with Gasteiger partial charge in [-0.05, 0) is 23.8 Å². The maximum absolute atomic E-state index is 12.6. The fraction of sp³-hybridized carbons (Fsp3) is 0.211. The molecule has 1 aliphatic rings. The van der Waals surface area contributed by atoms with Crippen LogP contribution in [0.1, 0.15) is 21.6 Å². The van der Waals surface area contributed by atoms with E-state index in [1.165, 1.54) is 30.1 Å². The number of aromatic nitrogens is 2. The number of amides is 2. The standard InChI is InChI=1S/C19H18N4O4S2/c1-23-17(25)15(29-19(23)28)7-11-3-5-12(6-4-11)16(24)22-14(18(26)27-2)8-13-9-20-10-21-13/h3-7,9-10,14H,8H2,1-2H3,(H,20,21)(H,22,24). The summed E-state index contributed by atoms with van der Waals surface area (Å²) in [4.78, 5) is 45.4. The number of rotatable bonds is 6. The highest BCUT2D eigenvalue weighted by molar-refractivity contribution is 8.26. The molecular weight excluding hydrogens is 412 g/mol. The summed E-state index contributed by atoms with van der Waals surface area (Å²) >= 11 is 6.34. The van der Waals surface area contributed by atoms with Gasteiger partial charge < -0.3 is 15.0 Å². The lowest BCUT2D eigenvalue weighted by atomic mass is 10.1. The number of benzene rings is 1. The number of thioether (sulfide) groups is 1. The molecule has 0 spiro atoms. The van der Waals surface area contributed by atoms with E-state index in [1.807, 2.05) is 0 Å². The predicted octanol–water partition coefficient (Wildman–Crippen LogP) is 1.75. The number of aromatic amines is 1. The Morgan fingerprint density at radius 1 is 1.38 bits per heavy atom. The molecule has 1 saturated heterocycles. The molecule has 2 amide bonds. The predicted molar refractivity (Wildman–Crippen MR) is 113 cm³/mol. The van der Waals surface area contributed by atoms with Crippen LogP contribution in [0.2, 0.25) is 0 Å². The molecule has 2 N–H and O–H groups in total. The third-order valence-corrected chi connectivity index (χ3v) is 5.71. The van der Waals surface area contributed by atoms with Crippen molar-refractivity contribution in [2.24, 2.45) is 0 Å². The highest BCUT2D eigenvalue weighted by Crippen LogP contribution is 2.31. The van der Waals surface area contributed by atoms with Crippen molar-refractivity contribution in [3.8, 4) is 0 Å². The largest absolute Gasteiger partial charge is 0.467 e. The normalized spacial score (nSPS) is 16.2. The van der Waals surface area contributed by atoms with E-state index in [1.54, 1.807) is 43.6 Å². The number of thiocarbonyl (C=S) groups is 1. The molecule has 1 unspecified atom stereocenters. The number of hydrogen-bond donors (Lipinski definition) is 2. The van der Waals surface area contributed by atoms with Gasteiger partial charge in [0.05, 0.1) is 18.3 Å². The van der Waals surface area contributed by atoms with E-state index >= 15 is 0 Å². The molecule has 0 aliphatic carbocycles. The smallest absolute Gasteiger partial charge is 0.328 e. The van der Waals surface area contributed by atoms with E-state index in [-0.39, 0.29) is 12.3 Å². The molecular formula is C19H18N4O4S2. The number of nitrogens with one attached hydrogen (secondary N) is 2. The van der Waals surface area contributed by atoms with E-state index in [0.29, 0.717) is 20.5 Å². The average Bonchev–Trinajstić information content (AvgIpc) is 3.32. The Labute approximate surface area is 176 Å². The van der Waals surface area contributed by atoms with Crippen LogP contribution in [0.25, 0.3) is 6.08 Å². The van der Waals surface area contributed by atoms with Crippen molar-refractivity contribution in [3.05, 3.63) is 58.5 Å². The molecule has 10 heteroatoms. The van der Waals surface area contributed by atoms with Gasteiger partial charge in [0.2, 0.25) is 0 Å². The Balaban J connectivity index is 1.70. The van der Waals surface area contributed by atoms with E-state index in [0.717, 1.165) is 5.56 Å². The zero-order valence-electron chi connectivity index (χ0n) is 15.7. The number of ether oxygens (including phenoxy) is 1. The van der Waals surface area contributed by atoms with Crippen LogP contribution in [-0.4, -0.2) is 57.2 Å². The van der Waals surface area contributed by atoms with Crippen molar-refractivity contribution in [1.82, 2.24) is 20.2 Å². The monoisotopic (exact) mass is 430 g/mol. The Kier molecular flexibility index (Phi) is 6.45. The lowest BCUT2D eigenvalue weighted by Crippen LogP contribution is -2.43. The van der Waals surface area contributed by atoms with Gasteiger partial charge in [-0.25, -0.2) is 9.78 Å². The van der Waals surface area contributed by atoms with Crippen LogP contribution < -0.4 is 5.32 Å². The molecule has 1 aliphatic heterocycles. The minimum Gasteiger partial charge on any atom is -0.467 e. The van der Waals surface area contributed by atoms with Gasteiger partial charge in [0.1, 0.15) is 10.4 Å². The molecule has 1 aromatic heterocycles. The van der Waals surface area contributed by atoms with Crippen LogP contribution in [0, 0.1) is 0 Å². The molecule has 150 valence electrons. The fourth-order valence-corrected chi connectivity index (χ4v) is 3.80. The molecule has 8 nitrogen and oxygen atoms in total. The summed E-state index contributed by atoms with van der Waals surface area (Å²) in [5.74, 6) is -1.11. The lowest BCUT2D eigenvalue weighted by molar-refractivity contribution is -0.142.